The number of phosphoric acid groups is 3. The molecular weight excluding hydrogens is 589 g/mol. The number of aliphatic hydroxyl groups is 2. The van der Waals surface area contributed by atoms with Crippen LogP contribution in [0.4, 0.5) is 11.8 Å². The van der Waals surface area contributed by atoms with Gasteiger partial charge in [-0.2, -0.15) is 18.6 Å². The predicted octanol–water partition coefficient (Wildman–Crippen LogP) is -0.0169. The zero-order chi connectivity index (χ0) is 28.6. The van der Waals surface area contributed by atoms with E-state index in [1.807, 2.05) is 30.3 Å². The SMILES string of the molecule is Nc1nc(NCc2ccccc2)c2ncn([C@H]3O[C@@H](COP(=O)(O)OP(=O)(O)OP(=O)(O)O)[C@H](O)[C@@H]3O)c2n1. The number of ether oxygens (including phenoxy) is 1. The average Bonchev–Trinajstić information content (AvgIpc) is 3.35. The number of anilines is 2. The highest BCUT2D eigenvalue weighted by Gasteiger charge is 2.47. The maximum Gasteiger partial charge on any atom is 0.490 e. The summed E-state index contributed by atoms with van der Waals surface area (Å²) in [4.78, 5) is 48.5. The van der Waals surface area contributed by atoms with E-state index in [0.717, 1.165) is 5.56 Å². The molecule has 1 aliphatic rings. The molecule has 1 fully saturated rings. The lowest BCUT2D eigenvalue weighted by molar-refractivity contribution is -0.0503. The molecule has 3 aromatic rings. The smallest absolute Gasteiger partial charge is 0.387 e. The van der Waals surface area contributed by atoms with Crippen molar-refractivity contribution in [2.24, 2.45) is 0 Å². The molecule has 4 rings (SSSR count). The Morgan fingerprint density at radius 3 is 2.36 bits per heavy atom. The summed E-state index contributed by atoms with van der Waals surface area (Å²) < 4.78 is 52.7. The quantitative estimate of drug-likeness (QED) is 0.132. The third-order valence-corrected chi connectivity index (χ3v) is 8.97. The van der Waals surface area contributed by atoms with Crippen molar-refractivity contribution in [1.29, 1.82) is 0 Å². The molecule has 1 aliphatic heterocycles. The second kappa shape index (κ2) is 11.3. The fourth-order valence-electron chi connectivity index (χ4n) is 3.59. The molecule has 0 saturated carbocycles. The molecule has 3 heterocycles. The van der Waals surface area contributed by atoms with Crippen molar-refractivity contribution in [2.75, 3.05) is 17.7 Å². The highest BCUT2D eigenvalue weighted by molar-refractivity contribution is 7.66. The van der Waals surface area contributed by atoms with Crippen molar-refractivity contribution < 1.29 is 61.4 Å². The van der Waals surface area contributed by atoms with Crippen LogP contribution in [0.25, 0.3) is 11.2 Å². The first-order valence-corrected chi connectivity index (χ1v) is 15.2. The first kappa shape index (κ1) is 29.6. The maximum absolute atomic E-state index is 12.0. The van der Waals surface area contributed by atoms with Gasteiger partial charge in [0.1, 0.15) is 18.3 Å². The highest BCUT2D eigenvalue weighted by atomic mass is 31.3. The minimum absolute atomic E-state index is 0.114. The van der Waals surface area contributed by atoms with Crippen molar-refractivity contribution in [1.82, 2.24) is 19.5 Å². The van der Waals surface area contributed by atoms with Gasteiger partial charge in [0.15, 0.2) is 23.2 Å². The van der Waals surface area contributed by atoms with Gasteiger partial charge >= 0.3 is 23.5 Å². The molecule has 214 valence electrons. The van der Waals surface area contributed by atoms with E-state index >= 15 is 0 Å². The molecule has 2 unspecified atom stereocenters. The van der Waals surface area contributed by atoms with Gasteiger partial charge in [0.05, 0.1) is 12.9 Å². The number of phosphoric ester groups is 1. The highest BCUT2D eigenvalue weighted by Crippen LogP contribution is 2.66. The topological polar surface area (TPSA) is 291 Å². The van der Waals surface area contributed by atoms with Crippen molar-refractivity contribution >= 4 is 46.4 Å². The van der Waals surface area contributed by atoms with Gasteiger partial charge in [0.25, 0.3) is 0 Å². The van der Waals surface area contributed by atoms with E-state index in [2.05, 4.69) is 33.4 Å². The summed E-state index contributed by atoms with van der Waals surface area (Å²) in [7, 11) is -16.8. The summed E-state index contributed by atoms with van der Waals surface area (Å²) in [5.74, 6) is 0.134. The number of hydrogen-bond acceptors (Lipinski definition) is 14. The number of fused-ring (bicyclic) bond motifs is 1. The maximum atomic E-state index is 12.0. The summed E-state index contributed by atoms with van der Waals surface area (Å²) in [5.41, 5.74) is 7.15. The molecule has 0 bridgehead atoms. The van der Waals surface area contributed by atoms with E-state index in [1.165, 1.54) is 10.9 Å². The third-order valence-electron chi connectivity index (χ3n) is 5.17. The van der Waals surface area contributed by atoms with Crippen LogP contribution in [-0.4, -0.2) is 74.2 Å². The molecule has 1 aromatic carbocycles. The molecule has 0 spiro atoms. The van der Waals surface area contributed by atoms with Gasteiger partial charge in [-0.05, 0) is 5.56 Å². The first-order valence-electron chi connectivity index (χ1n) is 10.7. The Morgan fingerprint density at radius 2 is 1.69 bits per heavy atom. The summed E-state index contributed by atoms with van der Waals surface area (Å²) >= 11 is 0. The van der Waals surface area contributed by atoms with Crippen LogP contribution in [-0.2, 0) is 38.1 Å². The van der Waals surface area contributed by atoms with E-state index in [0.29, 0.717) is 6.54 Å². The normalized spacial score (nSPS) is 24.9. The van der Waals surface area contributed by atoms with Gasteiger partial charge in [-0.15, -0.1) is 0 Å². The standard InChI is InChI=1S/C17H23N6O13P3/c18-17-21-14(19-6-9-4-2-1-3-5-9)11-15(22-17)23(8-20-11)16-13(25)12(24)10(34-16)7-33-38(29,30)36-39(31,32)35-37(26,27)28/h1-5,8,10,12-13,16,24-25H,6-7H2,(H,29,30)(H,31,32)(H2,26,27,28)(H3,18,19,21,22)/t10-,12-,13-,16-/m0/s1. The number of nitrogens with zero attached hydrogens (tertiary/aromatic N) is 4. The lowest BCUT2D eigenvalue weighted by Crippen LogP contribution is -2.33. The zero-order valence-corrected chi connectivity index (χ0v) is 22.1. The predicted molar refractivity (Wildman–Crippen MR) is 129 cm³/mol. The van der Waals surface area contributed by atoms with Crippen LogP contribution in [0, 0.1) is 0 Å². The Kier molecular flexibility index (Phi) is 8.56. The van der Waals surface area contributed by atoms with E-state index in [1.54, 1.807) is 0 Å². The van der Waals surface area contributed by atoms with Gasteiger partial charge < -0.3 is 45.6 Å². The molecule has 22 heteroatoms. The second-order valence-corrected chi connectivity index (χ2v) is 12.4. The molecule has 39 heavy (non-hydrogen) atoms. The van der Waals surface area contributed by atoms with Crippen molar-refractivity contribution in [3.05, 3.63) is 42.2 Å². The second-order valence-electron chi connectivity index (χ2n) is 8.03. The Labute approximate surface area is 218 Å². The zero-order valence-electron chi connectivity index (χ0n) is 19.4. The van der Waals surface area contributed by atoms with Gasteiger partial charge in [-0.3, -0.25) is 9.09 Å². The number of aromatic nitrogens is 4. The Morgan fingerprint density at radius 1 is 1.00 bits per heavy atom. The fraction of sp³-hybridized carbons (Fsp3) is 0.353. The molecule has 19 nitrogen and oxygen atoms in total. The number of rotatable bonds is 11. The van der Waals surface area contributed by atoms with E-state index in [4.69, 9.17) is 20.3 Å². The summed E-state index contributed by atoms with van der Waals surface area (Å²) in [6.07, 6.45) is -4.97. The summed E-state index contributed by atoms with van der Waals surface area (Å²) in [5, 5.41) is 24.1. The molecule has 2 aromatic heterocycles. The molecule has 0 radical (unpaired) electrons. The average molecular weight is 612 g/mol. The van der Waals surface area contributed by atoms with Crippen molar-refractivity contribution in [3.8, 4) is 0 Å². The van der Waals surface area contributed by atoms with Crippen LogP contribution < -0.4 is 11.1 Å². The minimum Gasteiger partial charge on any atom is -0.387 e. The Balaban J connectivity index is 1.47. The lowest BCUT2D eigenvalue weighted by Gasteiger charge is -2.19. The summed E-state index contributed by atoms with van der Waals surface area (Å²) in [6, 6.07) is 9.37. The van der Waals surface area contributed by atoms with Crippen LogP contribution in [0.5, 0.6) is 0 Å². The van der Waals surface area contributed by atoms with Crippen LogP contribution in [0.15, 0.2) is 36.7 Å². The fourth-order valence-corrected chi connectivity index (χ4v) is 6.62. The van der Waals surface area contributed by atoms with Gasteiger partial charge in [-0.25, -0.2) is 18.7 Å². The number of imidazole rings is 1. The number of nitrogens with one attached hydrogen (secondary N) is 1. The number of hydrogen-bond donors (Lipinski definition) is 8. The van der Waals surface area contributed by atoms with Crippen molar-refractivity contribution in [3.63, 3.8) is 0 Å². The monoisotopic (exact) mass is 612 g/mol. The Hall–Kier alpha value is -2.34. The van der Waals surface area contributed by atoms with Gasteiger partial charge in [-0.1, -0.05) is 30.3 Å². The van der Waals surface area contributed by atoms with Gasteiger partial charge in [0.2, 0.25) is 5.95 Å². The number of nitrogens with two attached hydrogens (primary N) is 1. The molecule has 0 aliphatic carbocycles. The molecular formula is C17H23N6O13P3. The third kappa shape index (κ3) is 7.45. The molecule has 9 N–H and O–H groups in total. The van der Waals surface area contributed by atoms with E-state index in [9.17, 15) is 33.7 Å². The Bertz CT molecular complexity index is 1470. The number of nitrogen functional groups attached to an aromatic ring is 1. The number of benzene rings is 1. The van der Waals surface area contributed by atoms with E-state index in [-0.39, 0.29) is 22.9 Å². The number of aliphatic hydroxyl groups excluding tert-OH is 2. The van der Waals surface area contributed by atoms with E-state index < -0.39 is 54.6 Å². The van der Waals surface area contributed by atoms with Crippen molar-refractivity contribution in [2.45, 2.75) is 31.1 Å². The van der Waals surface area contributed by atoms with Gasteiger partial charge in [0, 0.05) is 6.54 Å². The van der Waals surface area contributed by atoms with Crippen LogP contribution in [0.1, 0.15) is 11.8 Å². The van der Waals surface area contributed by atoms with Crippen LogP contribution in [0.2, 0.25) is 0 Å². The molecule has 1 saturated heterocycles. The first-order chi connectivity index (χ1) is 18.1. The van der Waals surface area contributed by atoms with Crippen LogP contribution >= 0.6 is 23.5 Å². The lowest BCUT2D eigenvalue weighted by atomic mass is 10.1. The summed E-state index contributed by atoms with van der Waals surface area (Å²) in [6.45, 7) is -0.602. The molecule has 6 atom stereocenters. The largest absolute Gasteiger partial charge is 0.490 e. The molecule has 0 amide bonds. The minimum atomic E-state index is -5.74. The van der Waals surface area contributed by atoms with Crippen LogP contribution in [0.3, 0.4) is 0 Å².